The number of carbonyl (C=O) groups is 1. The predicted molar refractivity (Wildman–Crippen MR) is 78.9 cm³/mol. The molecule has 0 saturated heterocycles. The number of primary sulfonamides is 1. The normalized spacial score (nSPS) is 13.3. The summed E-state index contributed by atoms with van der Waals surface area (Å²) < 4.78 is 36.4. The van der Waals surface area contributed by atoms with E-state index in [2.05, 4.69) is 5.32 Å². The zero-order chi connectivity index (χ0) is 16.4. The van der Waals surface area contributed by atoms with Crippen molar-refractivity contribution in [2.75, 3.05) is 0 Å². The molecular weight excluding hydrogens is 295 g/mol. The van der Waals surface area contributed by atoms with Crippen LogP contribution in [-0.4, -0.2) is 20.4 Å². The summed E-state index contributed by atoms with van der Waals surface area (Å²) in [6.07, 6.45) is 0.766. The fraction of sp³-hybridized carbons (Fsp3) is 0.500. The number of nitrogens with one attached hydrogen (secondary N) is 1. The number of halogens is 1. The van der Waals surface area contributed by atoms with Gasteiger partial charge in [0, 0.05) is 11.6 Å². The molecule has 0 aliphatic heterocycles. The number of hydrogen-bond acceptors (Lipinski definition) is 3. The van der Waals surface area contributed by atoms with Crippen LogP contribution in [0.4, 0.5) is 4.39 Å². The Labute approximate surface area is 124 Å². The van der Waals surface area contributed by atoms with Crippen LogP contribution in [0.2, 0.25) is 0 Å². The smallest absolute Gasteiger partial charge is 0.251 e. The Hall–Kier alpha value is -1.47. The molecule has 0 saturated carbocycles. The fourth-order valence-electron chi connectivity index (χ4n) is 2.25. The Balaban J connectivity index is 3.14. The highest BCUT2D eigenvalue weighted by Gasteiger charge is 2.21. The summed E-state index contributed by atoms with van der Waals surface area (Å²) in [5.41, 5.74) is 0.128. The van der Waals surface area contributed by atoms with E-state index in [1.807, 2.05) is 20.8 Å². The fourth-order valence-corrected chi connectivity index (χ4v) is 3.07. The molecule has 3 N–H and O–H groups in total. The van der Waals surface area contributed by atoms with Crippen LogP contribution in [0, 0.1) is 18.7 Å². The lowest BCUT2D eigenvalue weighted by Gasteiger charge is -2.17. The van der Waals surface area contributed by atoms with Crippen LogP contribution in [-0.2, 0) is 10.0 Å². The number of benzene rings is 1. The van der Waals surface area contributed by atoms with E-state index in [4.69, 9.17) is 5.14 Å². The molecule has 1 unspecified atom stereocenters. The maximum Gasteiger partial charge on any atom is 0.251 e. The van der Waals surface area contributed by atoms with E-state index >= 15 is 0 Å². The van der Waals surface area contributed by atoms with Gasteiger partial charge in [-0.15, -0.1) is 0 Å². The lowest BCUT2D eigenvalue weighted by atomic mass is 10.0. The first-order chi connectivity index (χ1) is 9.52. The highest BCUT2D eigenvalue weighted by Crippen LogP contribution is 2.20. The Morgan fingerprint density at radius 2 is 1.90 bits per heavy atom. The molecule has 21 heavy (non-hydrogen) atoms. The van der Waals surface area contributed by atoms with E-state index in [1.165, 1.54) is 6.92 Å². The predicted octanol–water partition coefficient (Wildman–Crippen LogP) is 1.95. The average Bonchev–Trinajstić information content (AvgIpc) is 2.28. The second-order valence-corrected chi connectivity index (χ2v) is 7.16. The number of carbonyl (C=O) groups excluding carboxylic acids is 1. The molecule has 1 aromatic carbocycles. The van der Waals surface area contributed by atoms with Crippen molar-refractivity contribution in [1.29, 1.82) is 0 Å². The summed E-state index contributed by atoms with van der Waals surface area (Å²) >= 11 is 0. The summed E-state index contributed by atoms with van der Waals surface area (Å²) in [5, 5.41) is 7.77. The Bertz CT molecular complexity index is 642. The Kier molecular flexibility index (Phi) is 5.47. The SMILES string of the molecule is Cc1c(C(=O)NC(C)CC(C)C)cc(F)cc1S(N)(=O)=O. The van der Waals surface area contributed by atoms with Crippen LogP contribution in [0.5, 0.6) is 0 Å². The molecule has 0 aliphatic carbocycles. The van der Waals surface area contributed by atoms with E-state index in [1.54, 1.807) is 0 Å². The summed E-state index contributed by atoms with van der Waals surface area (Å²) in [7, 11) is -4.08. The zero-order valence-electron chi connectivity index (χ0n) is 12.6. The minimum Gasteiger partial charge on any atom is -0.350 e. The third kappa shape index (κ3) is 4.78. The van der Waals surface area contributed by atoms with Crippen molar-refractivity contribution in [3.63, 3.8) is 0 Å². The van der Waals surface area contributed by atoms with Gasteiger partial charge >= 0.3 is 0 Å². The Morgan fingerprint density at radius 1 is 1.33 bits per heavy atom. The number of sulfonamides is 1. The van der Waals surface area contributed by atoms with Gasteiger partial charge in [-0.1, -0.05) is 13.8 Å². The number of hydrogen-bond donors (Lipinski definition) is 2. The monoisotopic (exact) mass is 316 g/mol. The summed E-state index contributed by atoms with van der Waals surface area (Å²) in [6.45, 7) is 7.32. The molecule has 118 valence electrons. The summed E-state index contributed by atoms with van der Waals surface area (Å²) in [5.74, 6) is -0.926. The van der Waals surface area contributed by atoms with Crippen molar-refractivity contribution in [2.45, 2.75) is 45.1 Å². The van der Waals surface area contributed by atoms with Crippen LogP contribution in [0.3, 0.4) is 0 Å². The molecule has 7 heteroatoms. The van der Waals surface area contributed by atoms with E-state index in [0.29, 0.717) is 5.92 Å². The van der Waals surface area contributed by atoms with Gasteiger partial charge in [0.15, 0.2) is 0 Å². The van der Waals surface area contributed by atoms with Crippen molar-refractivity contribution in [3.8, 4) is 0 Å². The van der Waals surface area contributed by atoms with Gasteiger partial charge in [0.2, 0.25) is 10.0 Å². The van der Waals surface area contributed by atoms with Gasteiger partial charge in [-0.3, -0.25) is 4.79 Å². The maximum absolute atomic E-state index is 13.5. The van der Waals surface area contributed by atoms with Crippen molar-refractivity contribution in [3.05, 3.63) is 29.1 Å². The first-order valence-corrected chi connectivity index (χ1v) is 8.20. The molecule has 0 fully saturated rings. The second-order valence-electron chi connectivity index (χ2n) is 5.63. The summed E-state index contributed by atoms with van der Waals surface area (Å²) in [4.78, 5) is 11.8. The zero-order valence-corrected chi connectivity index (χ0v) is 13.4. The molecule has 1 atom stereocenters. The first kappa shape index (κ1) is 17.6. The van der Waals surface area contributed by atoms with Crippen molar-refractivity contribution in [2.24, 2.45) is 11.1 Å². The lowest BCUT2D eigenvalue weighted by Crippen LogP contribution is -2.34. The molecule has 0 spiro atoms. The van der Waals surface area contributed by atoms with Crippen LogP contribution in [0.25, 0.3) is 0 Å². The number of amides is 1. The van der Waals surface area contributed by atoms with Gasteiger partial charge in [-0.05, 0) is 43.9 Å². The molecule has 5 nitrogen and oxygen atoms in total. The third-order valence-corrected chi connectivity index (χ3v) is 4.12. The second kappa shape index (κ2) is 6.53. The number of nitrogens with two attached hydrogens (primary N) is 1. The molecule has 0 radical (unpaired) electrons. The average molecular weight is 316 g/mol. The van der Waals surface area contributed by atoms with Crippen molar-refractivity contribution in [1.82, 2.24) is 5.32 Å². The van der Waals surface area contributed by atoms with E-state index in [0.717, 1.165) is 18.6 Å². The molecule has 1 aromatic rings. The molecule has 1 amide bonds. The van der Waals surface area contributed by atoms with Gasteiger partial charge in [0.25, 0.3) is 5.91 Å². The van der Waals surface area contributed by atoms with Crippen molar-refractivity contribution >= 4 is 15.9 Å². The van der Waals surface area contributed by atoms with Crippen LogP contribution in [0.15, 0.2) is 17.0 Å². The number of rotatable bonds is 5. The highest BCUT2D eigenvalue weighted by atomic mass is 32.2. The largest absolute Gasteiger partial charge is 0.350 e. The third-order valence-electron chi connectivity index (χ3n) is 3.08. The Morgan fingerprint density at radius 3 is 2.38 bits per heavy atom. The first-order valence-electron chi connectivity index (χ1n) is 6.66. The van der Waals surface area contributed by atoms with E-state index in [-0.39, 0.29) is 22.1 Å². The summed E-state index contributed by atoms with van der Waals surface area (Å²) in [6, 6.07) is 1.73. The van der Waals surface area contributed by atoms with Gasteiger partial charge in [0.05, 0.1) is 4.90 Å². The van der Waals surface area contributed by atoms with Gasteiger partial charge in [0.1, 0.15) is 5.82 Å². The van der Waals surface area contributed by atoms with Gasteiger partial charge < -0.3 is 5.32 Å². The molecular formula is C14H21FN2O3S. The molecule has 0 bridgehead atoms. The van der Waals surface area contributed by atoms with Crippen LogP contribution < -0.4 is 10.5 Å². The van der Waals surface area contributed by atoms with Gasteiger partial charge in [-0.25, -0.2) is 17.9 Å². The standard InChI is InChI=1S/C14H21FN2O3S/c1-8(2)5-9(3)17-14(18)12-6-11(15)7-13(10(12)4)21(16,19)20/h6-9H,5H2,1-4H3,(H,17,18)(H2,16,19,20). The van der Waals surface area contributed by atoms with E-state index in [9.17, 15) is 17.6 Å². The minimum absolute atomic E-state index is 0.0189. The quantitative estimate of drug-likeness (QED) is 0.870. The van der Waals surface area contributed by atoms with Crippen LogP contribution >= 0.6 is 0 Å². The van der Waals surface area contributed by atoms with E-state index < -0.39 is 21.7 Å². The molecule has 0 aliphatic rings. The lowest BCUT2D eigenvalue weighted by molar-refractivity contribution is 0.0934. The highest BCUT2D eigenvalue weighted by molar-refractivity contribution is 7.89. The molecule has 0 aromatic heterocycles. The van der Waals surface area contributed by atoms with Crippen molar-refractivity contribution < 1.29 is 17.6 Å². The minimum atomic E-state index is -4.08. The van der Waals surface area contributed by atoms with Crippen LogP contribution in [0.1, 0.15) is 43.1 Å². The topological polar surface area (TPSA) is 89.3 Å². The molecule has 1 rings (SSSR count). The maximum atomic E-state index is 13.5. The van der Waals surface area contributed by atoms with Gasteiger partial charge in [-0.2, -0.15) is 0 Å². The molecule has 0 heterocycles.